The lowest BCUT2D eigenvalue weighted by molar-refractivity contribution is 0.0938. The second-order valence-corrected chi connectivity index (χ2v) is 5.09. The van der Waals surface area contributed by atoms with Gasteiger partial charge in [-0.3, -0.25) is 9.48 Å². The molecule has 100 valence electrons. The summed E-state index contributed by atoms with van der Waals surface area (Å²) in [4.78, 5) is 11.9. The molecule has 2 rings (SSSR count). The first-order valence-electron chi connectivity index (χ1n) is 6.57. The minimum absolute atomic E-state index is 0.138. The number of aromatic nitrogens is 3. The largest absolute Gasteiger partial charge is 0.350 e. The van der Waals surface area contributed by atoms with E-state index in [4.69, 9.17) is 5.73 Å². The zero-order chi connectivity index (χ0) is 13.0. The zero-order valence-electron chi connectivity index (χ0n) is 10.9. The molecule has 1 aromatic heterocycles. The molecule has 0 spiro atoms. The van der Waals surface area contributed by atoms with Crippen LogP contribution in [0.25, 0.3) is 0 Å². The third-order valence-electron chi connectivity index (χ3n) is 3.49. The summed E-state index contributed by atoms with van der Waals surface area (Å²) in [5.74, 6) is -0.138. The second kappa shape index (κ2) is 5.48. The van der Waals surface area contributed by atoms with E-state index in [1.165, 1.54) is 25.7 Å². The summed E-state index contributed by atoms with van der Waals surface area (Å²) in [5.41, 5.74) is 6.14. The summed E-state index contributed by atoms with van der Waals surface area (Å²) >= 11 is 0. The molecule has 1 aromatic rings. The van der Waals surface area contributed by atoms with Crippen LogP contribution in [0.3, 0.4) is 0 Å². The van der Waals surface area contributed by atoms with E-state index in [-0.39, 0.29) is 5.91 Å². The number of carbonyl (C=O) groups excluding carboxylic acids is 1. The number of nitrogens with two attached hydrogens (primary N) is 1. The van der Waals surface area contributed by atoms with Gasteiger partial charge >= 0.3 is 0 Å². The lowest BCUT2D eigenvalue weighted by Crippen LogP contribution is -2.30. The fourth-order valence-corrected chi connectivity index (χ4v) is 2.22. The van der Waals surface area contributed by atoms with Crippen molar-refractivity contribution in [2.45, 2.75) is 39.2 Å². The van der Waals surface area contributed by atoms with E-state index in [1.807, 2.05) is 0 Å². The maximum Gasteiger partial charge on any atom is 0.273 e. The van der Waals surface area contributed by atoms with Crippen LogP contribution in [-0.2, 0) is 6.54 Å². The molecule has 1 saturated carbocycles. The first-order chi connectivity index (χ1) is 8.69. The predicted molar refractivity (Wildman–Crippen MR) is 68.0 cm³/mol. The molecule has 18 heavy (non-hydrogen) atoms. The van der Waals surface area contributed by atoms with Crippen LogP contribution in [0.2, 0.25) is 0 Å². The van der Waals surface area contributed by atoms with Gasteiger partial charge in [-0.05, 0) is 24.7 Å². The molecule has 0 saturated heterocycles. The van der Waals surface area contributed by atoms with Gasteiger partial charge in [0.15, 0.2) is 5.69 Å². The Kier molecular flexibility index (Phi) is 3.96. The Labute approximate surface area is 107 Å². The van der Waals surface area contributed by atoms with Gasteiger partial charge in [-0.1, -0.05) is 18.6 Å². The third-order valence-corrected chi connectivity index (χ3v) is 3.49. The molecule has 0 aromatic carbocycles. The highest BCUT2D eigenvalue weighted by atomic mass is 16.2. The van der Waals surface area contributed by atoms with Gasteiger partial charge in [0.1, 0.15) is 0 Å². The predicted octanol–water partition coefficient (Wildman–Crippen LogP) is 0.547. The van der Waals surface area contributed by atoms with Crippen molar-refractivity contribution in [3.8, 4) is 0 Å². The maximum absolute atomic E-state index is 11.9. The summed E-state index contributed by atoms with van der Waals surface area (Å²) in [5, 5.41) is 10.7. The fourth-order valence-electron chi connectivity index (χ4n) is 2.22. The Balaban J connectivity index is 1.83. The third kappa shape index (κ3) is 3.07. The molecule has 6 heteroatoms. The van der Waals surface area contributed by atoms with Crippen molar-refractivity contribution in [3.05, 3.63) is 11.9 Å². The highest BCUT2D eigenvalue weighted by Crippen LogP contribution is 2.48. The molecule has 1 fully saturated rings. The Morgan fingerprint density at radius 3 is 3.00 bits per heavy atom. The van der Waals surface area contributed by atoms with Gasteiger partial charge in [0.05, 0.1) is 12.7 Å². The average molecular weight is 251 g/mol. The van der Waals surface area contributed by atoms with E-state index < -0.39 is 0 Å². The fraction of sp³-hybridized carbons (Fsp3) is 0.750. The molecule has 0 atom stereocenters. The van der Waals surface area contributed by atoms with Crippen molar-refractivity contribution >= 4 is 5.91 Å². The van der Waals surface area contributed by atoms with Crippen LogP contribution >= 0.6 is 0 Å². The number of nitrogens with one attached hydrogen (secondary N) is 1. The second-order valence-electron chi connectivity index (χ2n) is 5.09. The Hall–Kier alpha value is -1.43. The number of hydrogen-bond donors (Lipinski definition) is 2. The molecule has 1 amide bonds. The molecular formula is C12H21N5O. The molecule has 0 aliphatic heterocycles. The highest BCUT2D eigenvalue weighted by molar-refractivity contribution is 5.91. The zero-order valence-corrected chi connectivity index (χ0v) is 10.9. The van der Waals surface area contributed by atoms with E-state index in [0.717, 1.165) is 6.54 Å². The van der Waals surface area contributed by atoms with Crippen molar-refractivity contribution in [1.82, 2.24) is 20.3 Å². The Morgan fingerprint density at radius 1 is 1.61 bits per heavy atom. The average Bonchev–Trinajstić information content (AvgIpc) is 2.96. The quantitative estimate of drug-likeness (QED) is 0.741. The molecule has 0 unspecified atom stereocenters. The lowest BCUT2D eigenvalue weighted by atomic mass is 10.0. The van der Waals surface area contributed by atoms with Gasteiger partial charge in [0, 0.05) is 13.1 Å². The van der Waals surface area contributed by atoms with Gasteiger partial charge in [-0.2, -0.15) is 0 Å². The molecule has 0 radical (unpaired) electrons. The standard InChI is InChI=1S/C12H21N5O/c1-2-3-12(4-5-12)9-14-11(18)10-8-17(7-6-13)16-15-10/h8H,2-7,9,13H2,1H3,(H,14,18). The van der Waals surface area contributed by atoms with Crippen molar-refractivity contribution in [2.24, 2.45) is 11.1 Å². The van der Waals surface area contributed by atoms with Gasteiger partial charge in [0.2, 0.25) is 0 Å². The van der Waals surface area contributed by atoms with E-state index in [2.05, 4.69) is 22.6 Å². The first-order valence-corrected chi connectivity index (χ1v) is 6.57. The molecule has 0 bridgehead atoms. The van der Waals surface area contributed by atoms with E-state index in [9.17, 15) is 4.79 Å². The Bertz CT molecular complexity index is 410. The summed E-state index contributed by atoms with van der Waals surface area (Å²) in [6, 6.07) is 0. The lowest BCUT2D eigenvalue weighted by Gasteiger charge is -2.13. The van der Waals surface area contributed by atoms with E-state index >= 15 is 0 Å². The summed E-state index contributed by atoms with van der Waals surface area (Å²) in [6.07, 6.45) is 6.44. The van der Waals surface area contributed by atoms with Crippen molar-refractivity contribution in [2.75, 3.05) is 13.1 Å². The summed E-state index contributed by atoms with van der Waals surface area (Å²) in [6.45, 7) is 4.01. The van der Waals surface area contributed by atoms with Gasteiger partial charge in [-0.25, -0.2) is 0 Å². The molecule has 6 nitrogen and oxygen atoms in total. The van der Waals surface area contributed by atoms with E-state index in [1.54, 1.807) is 10.9 Å². The molecular weight excluding hydrogens is 230 g/mol. The van der Waals surface area contributed by atoms with Crippen molar-refractivity contribution in [3.63, 3.8) is 0 Å². The smallest absolute Gasteiger partial charge is 0.273 e. The molecule has 1 heterocycles. The maximum atomic E-state index is 11.9. The molecule has 3 N–H and O–H groups in total. The van der Waals surface area contributed by atoms with Crippen LogP contribution in [0.4, 0.5) is 0 Å². The Morgan fingerprint density at radius 2 is 2.39 bits per heavy atom. The number of rotatable bonds is 7. The van der Waals surface area contributed by atoms with Crippen LogP contribution in [-0.4, -0.2) is 34.0 Å². The highest BCUT2D eigenvalue weighted by Gasteiger charge is 2.41. The number of hydrogen-bond acceptors (Lipinski definition) is 4. The first kappa shape index (κ1) is 13.0. The van der Waals surface area contributed by atoms with Gasteiger partial charge < -0.3 is 11.1 Å². The van der Waals surface area contributed by atoms with Gasteiger partial charge in [0.25, 0.3) is 5.91 Å². The van der Waals surface area contributed by atoms with E-state index in [0.29, 0.717) is 24.2 Å². The van der Waals surface area contributed by atoms with Crippen molar-refractivity contribution in [1.29, 1.82) is 0 Å². The minimum Gasteiger partial charge on any atom is -0.350 e. The minimum atomic E-state index is -0.138. The van der Waals surface area contributed by atoms with Gasteiger partial charge in [-0.15, -0.1) is 5.10 Å². The number of amides is 1. The number of nitrogens with zero attached hydrogens (tertiary/aromatic N) is 3. The summed E-state index contributed by atoms with van der Waals surface area (Å²) in [7, 11) is 0. The van der Waals surface area contributed by atoms with Crippen LogP contribution in [0.1, 0.15) is 43.1 Å². The van der Waals surface area contributed by atoms with Crippen LogP contribution in [0, 0.1) is 5.41 Å². The topological polar surface area (TPSA) is 85.8 Å². The normalized spacial score (nSPS) is 16.6. The molecule has 1 aliphatic carbocycles. The van der Waals surface area contributed by atoms with Crippen molar-refractivity contribution < 1.29 is 4.79 Å². The van der Waals surface area contributed by atoms with Crippen LogP contribution in [0.15, 0.2) is 6.20 Å². The van der Waals surface area contributed by atoms with Crippen LogP contribution in [0.5, 0.6) is 0 Å². The SMILES string of the molecule is CCCC1(CNC(=O)c2cn(CCN)nn2)CC1. The number of carbonyl (C=O) groups is 1. The monoisotopic (exact) mass is 251 g/mol. The van der Waals surface area contributed by atoms with Crippen LogP contribution < -0.4 is 11.1 Å². The summed E-state index contributed by atoms with van der Waals surface area (Å²) < 4.78 is 1.59. The molecule has 1 aliphatic rings.